The van der Waals surface area contributed by atoms with Crippen molar-refractivity contribution in [2.24, 2.45) is 11.7 Å². The summed E-state index contributed by atoms with van der Waals surface area (Å²) in [7, 11) is 0. The summed E-state index contributed by atoms with van der Waals surface area (Å²) in [6, 6.07) is 0. The largest absolute Gasteiger partial charge is 0.330 e. The Morgan fingerprint density at radius 1 is 1.24 bits per heavy atom. The number of rotatable bonds is 10. The second kappa shape index (κ2) is 11.9. The van der Waals surface area contributed by atoms with E-state index in [0.717, 1.165) is 18.9 Å². The van der Waals surface area contributed by atoms with E-state index in [0.29, 0.717) is 0 Å². The van der Waals surface area contributed by atoms with E-state index in [4.69, 9.17) is 5.73 Å². The Morgan fingerprint density at radius 3 is 2.59 bits per heavy atom. The molecule has 0 spiro atoms. The van der Waals surface area contributed by atoms with Crippen LogP contribution in [0.5, 0.6) is 0 Å². The molecule has 0 aliphatic heterocycles. The van der Waals surface area contributed by atoms with Crippen LogP contribution in [0.4, 0.5) is 0 Å². The maximum Gasteiger partial charge on any atom is -0.00424 e. The Morgan fingerprint density at radius 2 is 2.00 bits per heavy atom. The van der Waals surface area contributed by atoms with Crippen LogP contribution >= 0.6 is 0 Å². The summed E-state index contributed by atoms with van der Waals surface area (Å²) in [5, 5.41) is 0. The molecule has 1 heteroatoms. The van der Waals surface area contributed by atoms with Gasteiger partial charge in [-0.15, -0.1) is 0 Å². The molecular weight excluding hydrogens is 206 g/mol. The minimum absolute atomic E-state index is 0.760. The van der Waals surface area contributed by atoms with Gasteiger partial charge in [-0.2, -0.15) is 0 Å². The molecule has 100 valence electrons. The van der Waals surface area contributed by atoms with Crippen LogP contribution in [-0.4, -0.2) is 6.54 Å². The average molecular weight is 237 g/mol. The standard InChI is InChI=1S/C16H31N/c1-4-6-7-8-10-16(11-9-14-17)13-12-15(3)5-2/h8,10-11,15H,4-7,9,12-14,17H2,1-3H3/b10-8-,16-11+. The number of unbranched alkanes of at least 4 members (excludes halogenated alkanes) is 2. The van der Waals surface area contributed by atoms with E-state index < -0.39 is 0 Å². The third kappa shape index (κ3) is 10.3. The fraction of sp³-hybridized carbons (Fsp3) is 0.750. The van der Waals surface area contributed by atoms with Gasteiger partial charge in [-0.1, -0.05) is 63.8 Å². The van der Waals surface area contributed by atoms with Crippen molar-refractivity contribution >= 4 is 0 Å². The van der Waals surface area contributed by atoms with Gasteiger partial charge in [-0.25, -0.2) is 0 Å². The molecule has 0 amide bonds. The molecule has 0 aliphatic rings. The van der Waals surface area contributed by atoms with Crippen molar-refractivity contribution in [2.75, 3.05) is 6.54 Å². The second-order valence-corrected chi connectivity index (χ2v) is 4.95. The SMILES string of the molecule is CCCC/C=C\C(=C/CCN)CCC(C)CC. The van der Waals surface area contributed by atoms with E-state index >= 15 is 0 Å². The molecule has 0 radical (unpaired) electrons. The minimum atomic E-state index is 0.760. The zero-order valence-electron chi connectivity index (χ0n) is 12.0. The Kier molecular flexibility index (Phi) is 11.5. The Balaban J connectivity index is 4.09. The van der Waals surface area contributed by atoms with Crippen LogP contribution in [0.3, 0.4) is 0 Å². The van der Waals surface area contributed by atoms with Gasteiger partial charge in [0.25, 0.3) is 0 Å². The molecule has 0 saturated heterocycles. The van der Waals surface area contributed by atoms with Gasteiger partial charge in [0.05, 0.1) is 0 Å². The van der Waals surface area contributed by atoms with Gasteiger partial charge in [-0.05, 0) is 38.1 Å². The van der Waals surface area contributed by atoms with E-state index in [1.54, 1.807) is 0 Å². The average Bonchev–Trinajstić information content (AvgIpc) is 2.36. The maximum atomic E-state index is 5.57. The van der Waals surface area contributed by atoms with Crippen molar-refractivity contribution in [3.63, 3.8) is 0 Å². The monoisotopic (exact) mass is 237 g/mol. The summed E-state index contributed by atoms with van der Waals surface area (Å²) in [5.74, 6) is 0.834. The summed E-state index contributed by atoms with van der Waals surface area (Å²) < 4.78 is 0. The molecule has 0 aliphatic carbocycles. The van der Waals surface area contributed by atoms with Crippen LogP contribution in [0.2, 0.25) is 0 Å². The molecule has 0 bridgehead atoms. The molecule has 1 unspecified atom stereocenters. The predicted octanol–water partition coefficient (Wildman–Crippen LogP) is 4.83. The summed E-state index contributed by atoms with van der Waals surface area (Å²) in [6.45, 7) is 7.60. The van der Waals surface area contributed by atoms with Crippen LogP contribution < -0.4 is 5.73 Å². The number of nitrogens with two attached hydrogens (primary N) is 1. The Hall–Kier alpha value is -0.560. The van der Waals surface area contributed by atoms with Gasteiger partial charge in [0, 0.05) is 0 Å². The molecule has 2 N–H and O–H groups in total. The van der Waals surface area contributed by atoms with Crippen LogP contribution in [-0.2, 0) is 0 Å². The van der Waals surface area contributed by atoms with Crippen LogP contribution in [0, 0.1) is 5.92 Å². The van der Waals surface area contributed by atoms with E-state index in [9.17, 15) is 0 Å². The van der Waals surface area contributed by atoms with E-state index in [2.05, 4.69) is 39.0 Å². The second-order valence-electron chi connectivity index (χ2n) is 4.95. The molecule has 17 heavy (non-hydrogen) atoms. The van der Waals surface area contributed by atoms with Gasteiger partial charge in [-0.3, -0.25) is 0 Å². The molecule has 0 aromatic heterocycles. The molecule has 1 atom stereocenters. The van der Waals surface area contributed by atoms with Crippen LogP contribution in [0.15, 0.2) is 23.8 Å². The smallest absolute Gasteiger partial charge is 0.00424 e. The highest BCUT2D eigenvalue weighted by Crippen LogP contribution is 2.16. The zero-order valence-corrected chi connectivity index (χ0v) is 12.0. The van der Waals surface area contributed by atoms with Gasteiger partial charge in [0.1, 0.15) is 0 Å². The lowest BCUT2D eigenvalue weighted by atomic mass is 9.98. The summed E-state index contributed by atoms with van der Waals surface area (Å²) >= 11 is 0. The summed E-state index contributed by atoms with van der Waals surface area (Å²) in [5.41, 5.74) is 7.05. The highest BCUT2D eigenvalue weighted by Gasteiger charge is 2.00. The topological polar surface area (TPSA) is 26.0 Å². The van der Waals surface area contributed by atoms with Crippen molar-refractivity contribution in [3.05, 3.63) is 23.8 Å². The fourth-order valence-electron chi connectivity index (χ4n) is 1.70. The molecule has 0 heterocycles. The van der Waals surface area contributed by atoms with E-state index in [1.165, 1.54) is 44.1 Å². The molecule has 0 aromatic rings. The van der Waals surface area contributed by atoms with Crippen LogP contribution in [0.25, 0.3) is 0 Å². The fourth-order valence-corrected chi connectivity index (χ4v) is 1.70. The molecule has 0 aromatic carbocycles. The van der Waals surface area contributed by atoms with Gasteiger partial charge in [0.15, 0.2) is 0 Å². The predicted molar refractivity (Wildman–Crippen MR) is 79.1 cm³/mol. The van der Waals surface area contributed by atoms with E-state index in [1.807, 2.05) is 0 Å². The third-order valence-corrected chi connectivity index (χ3v) is 3.25. The Bertz CT molecular complexity index is 216. The minimum Gasteiger partial charge on any atom is -0.330 e. The van der Waals surface area contributed by atoms with Crippen molar-refractivity contribution in [1.29, 1.82) is 0 Å². The number of hydrogen-bond donors (Lipinski definition) is 1. The van der Waals surface area contributed by atoms with Crippen LogP contribution in [0.1, 0.15) is 65.7 Å². The summed E-state index contributed by atoms with van der Waals surface area (Å²) in [6.07, 6.45) is 15.5. The van der Waals surface area contributed by atoms with Crippen molar-refractivity contribution in [2.45, 2.75) is 65.7 Å². The molecule has 0 saturated carbocycles. The zero-order chi connectivity index (χ0) is 12.9. The molecule has 0 fully saturated rings. The number of allylic oxidation sites excluding steroid dienone is 3. The highest BCUT2D eigenvalue weighted by atomic mass is 14.5. The molecule has 0 rings (SSSR count). The number of hydrogen-bond acceptors (Lipinski definition) is 1. The normalized spacial score (nSPS) is 14.5. The van der Waals surface area contributed by atoms with Gasteiger partial charge in [0.2, 0.25) is 0 Å². The van der Waals surface area contributed by atoms with E-state index in [-0.39, 0.29) is 0 Å². The van der Waals surface area contributed by atoms with Crippen molar-refractivity contribution in [1.82, 2.24) is 0 Å². The van der Waals surface area contributed by atoms with Gasteiger partial charge < -0.3 is 5.73 Å². The third-order valence-electron chi connectivity index (χ3n) is 3.25. The quantitative estimate of drug-likeness (QED) is 0.427. The van der Waals surface area contributed by atoms with Crippen molar-refractivity contribution in [3.8, 4) is 0 Å². The first-order chi connectivity index (χ1) is 8.24. The Labute approximate surface area is 108 Å². The lowest BCUT2D eigenvalue weighted by Crippen LogP contribution is -1.97. The first-order valence-electron chi connectivity index (χ1n) is 7.30. The first kappa shape index (κ1) is 16.4. The maximum absolute atomic E-state index is 5.57. The highest BCUT2D eigenvalue weighted by molar-refractivity contribution is 5.18. The van der Waals surface area contributed by atoms with Crippen molar-refractivity contribution < 1.29 is 0 Å². The lowest BCUT2D eigenvalue weighted by Gasteiger charge is -2.08. The molecule has 1 nitrogen and oxygen atoms in total. The van der Waals surface area contributed by atoms with Gasteiger partial charge >= 0.3 is 0 Å². The molecular formula is C16H31N. The lowest BCUT2D eigenvalue weighted by molar-refractivity contribution is 0.517. The summed E-state index contributed by atoms with van der Waals surface area (Å²) in [4.78, 5) is 0. The first-order valence-corrected chi connectivity index (χ1v) is 7.30.